The van der Waals surface area contributed by atoms with Crippen LogP contribution in [0.3, 0.4) is 0 Å². The number of carbonyl (C=O) groups is 1. The van der Waals surface area contributed by atoms with Crippen molar-refractivity contribution in [3.05, 3.63) is 23.8 Å². The quantitative estimate of drug-likeness (QED) is 0.700. The number of carbonyl (C=O) groups excluding carboxylic acids is 1. The first kappa shape index (κ1) is 18.9. The average molecular weight is 386 g/mol. The lowest BCUT2D eigenvalue weighted by Crippen LogP contribution is -2.30. The molecule has 0 saturated heterocycles. The molecule has 1 heterocycles. The maximum absolute atomic E-state index is 12.2. The van der Waals surface area contributed by atoms with Gasteiger partial charge in [-0.05, 0) is 30.9 Å². The van der Waals surface area contributed by atoms with E-state index in [0.29, 0.717) is 18.0 Å². The number of aromatic nitrogens is 2. The van der Waals surface area contributed by atoms with Crippen LogP contribution in [0.1, 0.15) is 12.5 Å². The van der Waals surface area contributed by atoms with E-state index in [2.05, 4.69) is 15.5 Å². The van der Waals surface area contributed by atoms with Crippen LogP contribution in [0.15, 0.2) is 26.9 Å². The largest absolute Gasteiger partial charge is 0.493 e. The van der Waals surface area contributed by atoms with Crippen LogP contribution in [0.25, 0.3) is 0 Å². The number of rotatable bonds is 8. The summed E-state index contributed by atoms with van der Waals surface area (Å²) in [5, 5.41) is 10.8. The number of hydrogen-bond donors (Lipinski definition) is 1. The Hall–Kier alpha value is -1.45. The Morgan fingerprint density at radius 1 is 1.25 bits per heavy atom. The predicted octanol–water partition coefficient (Wildman–Crippen LogP) is 3.07. The lowest BCUT2D eigenvalue weighted by molar-refractivity contribution is -0.120. The molecule has 0 bridgehead atoms. The normalized spacial score (nSPS) is 11.8. The zero-order valence-corrected chi connectivity index (χ0v) is 16.3. The molecule has 2 rings (SSSR count). The summed E-state index contributed by atoms with van der Waals surface area (Å²) in [5.41, 5.74) is 0.943. The van der Waals surface area contributed by atoms with E-state index in [1.165, 1.54) is 23.1 Å². The van der Waals surface area contributed by atoms with E-state index in [4.69, 9.17) is 9.47 Å². The maximum atomic E-state index is 12.2. The summed E-state index contributed by atoms with van der Waals surface area (Å²) < 4.78 is 12.2. The molecule has 1 aromatic carbocycles. The van der Waals surface area contributed by atoms with Gasteiger partial charge in [-0.2, -0.15) is 0 Å². The van der Waals surface area contributed by atoms with Crippen LogP contribution in [0.2, 0.25) is 0 Å². The standard InChI is InChI=1S/C15H19N3O3S3/c1-9(23-15-18-17-14(22-4)24-15)13(19)16-8-10-5-6-11(20-2)12(7-10)21-3/h5-7,9H,8H2,1-4H3,(H,16,19)/t9-/m0/s1. The molecule has 0 radical (unpaired) electrons. The average Bonchev–Trinajstić information content (AvgIpc) is 3.06. The molecule has 1 aromatic heterocycles. The minimum atomic E-state index is -0.243. The van der Waals surface area contributed by atoms with E-state index in [0.717, 1.165) is 14.2 Å². The number of hydrogen-bond acceptors (Lipinski definition) is 8. The molecule has 6 nitrogen and oxygen atoms in total. The second kappa shape index (κ2) is 9.14. The number of ether oxygens (including phenoxy) is 2. The van der Waals surface area contributed by atoms with Crippen molar-refractivity contribution in [3.8, 4) is 11.5 Å². The van der Waals surface area contributed by atoms with E-state index in [-0.39, 0.29) is 11.2 Å². The summed E-state index contributed by atoms with van der Waals surface area (Å²) in [6.45, 7) is 2.28. The second-order valence-corrected chi connectivity index (χ2v) is 8.32. The Morgan fingerprint density at radius 2 is 1.96 bits per heavy atom. The minimum Gasteiger partial charge on any atom is -0.493 e. The second-order valence-electron chi connectivity index (χ2n) is 4.71. The van der Waals surface area contributed by atoms with Crippen LogP contribution >= 0.6 is 34.9 Å². The molecular weight excluding hydrogens is 366 g/mol. The fourth-order valence-electron chi connectivity index (χ4n) is 1.86. The minimum absolute atomic E-state index is 0.0457. The fourth-order valence-corrected chi connectivity index (χ4v) is 4.46. The van der Waals surface area contributed by atoms with E-state index >= 15 is 0 Å². The van der Waals surface area contributed by atoms with Gasteiger partial charge in [0.05, 0.1) is 19.5 Å². The van der Waals surface area contributed by atoms with Crippen LogP contribution in [-0.2, 0) is 11.3 Å². The zero-order valence-electron chi connectivity index (χ0n) is 13.9. The molecule has 130 valence electrons. The summed E-state index contributed by atoms with van der Waals surface area (Å²) >= 11 is 4.45. The predicted molar refractivity (Wildman–Crippen MR) is 98.4 cm³/mol. The Balaban J connectivity index is 1.90. The first-order valence-electron chi connectivity index (χ1n) is 7.10. The summed E-state index contributed by atoms with van der Waals surface area (Å²) in [6, 6.07) is 5.57. The van der Waals surface area contributed by atoms with Gasteiger partial charge in [-0.1, -0.05) is 40.9 Å². The van der Waals surface area contributed by atoms with Gasteiger partial charge in [0.15, 0.2) is 20.2 Å². The first-order chi connectivity index (χ1) is 11.6. The molecule has 0 aliphatic carbocycles. The van der Waals surface area contributed by atoms with Crippen molar-refractivity contribution in [1.29, 1.82) is 0 Å². The molecule has 0 saturated carbocycles. The van der Waals surface area contributed by atoms with Crippen molar-refractivity contribution in [2.24, 2.45) is 0 Å². The highest BCUT2D eigenvalue weighted by Crippen LogP contribution is 2.30. The molecule has 9 heteroatoms. The molecule has 2 aromatic rings. The van der Waals surface area contributed by atoms with Crippen molar-refractivity contribution in [2.45, 2.75) is 27.4 Å². The van der Waals surface area contributed by atoms with Gasteiger partial charge in [0.1, 0.15) is 0 Å². The third kappa shape index (κ3) is 5.02. The number of nitrogens with zero attached hydrogens (tertiary/aromatic N) is 2. The van der Waals surface area contributed by atoms with Gasteiger partial charge < -0.3 is 14.8 Å². The van der Waals surface area contributed by atoms with Crippen molar-refractivity contribution in [2.75, 3.05) is 20.5 Å². The lowest BCUT2D eigenvalue weighted by atomic mass is 10.2. The lowest BCUT2D eigenvalue weighted by Gasteiger charge is -2.12. The van der Waals surface area contributed by atoms with E-state index < -0.39 is 0 Å². The van der Waals surface area contributed by atoms with Crippen molar-refractivity contribution >= 4 is 40.8 Å². The molecule has 1 atom stereocenters. The Morgan fingerprint density at radius 3 is 2.58 bits per heavy atom. The number of amides is 1. The monoisotopic (exact) mass is 385 g/mol. The van der Waals surface area contributed by atoms with Gasteiger partial charge in [-0.25, -0.2) is 0 Å². The maximum Gasteiger partial charge on any atom is 0.233 e. The number of benzene rings is 1. The number of methoxy groups -OCH3 is 2. The van der Waals surface area contributed by atoms with Crippen LogP contribution in [0.5, 0.6) is 11.5 Å². The highest BCUT2D eigenvalue weighted by atomic mass is 32.2. The third-order valence-corrected chi connectivity index (χ3v) is 6.21. The summed E-state index contributed by atoms with van der Waals surface area (Å²) in [4.78, 5) is 12.2. The molecule has 0 aliphatic heterocycles. The third-order valence-electron chi connectivity index (χ3n) is 3.12. The van der Waals surface area contributed by atoms with Gasteiger partial charge in [0.25, 0.3) is 0 Å². The summed E-state index contributed by atoms with van der Waals surface area (Å²) in [6.07, 6.45) is 1.95. The van der Waals surface area contributed by atoms with Crippen LogP contribution in [0, 0.1) is 0 Å². The van der Waals surface area contributed by atoms with E-state index in [1.54, 1.807) is 26.0 Å². The highest BCUT2D eigenvalue weighted by molar-refractivity contribution is 8.03. The number of nitrogens with one attached hydrogen (secondary N) is 1. The zero-order chi connectivity index (χ0) is 17.5. The van der Waals surface area contributed by atoms with Gasteiger partial charge in [-0.3, -0.25) is 4.79 Å². The van der Waals surface area contributed by atoms with Crippen molar-refractivity contribution < 1.29 is 14.3 Å². The SMILES string of the molecule is COc1ccc(CNC(=O)[C@H](C)Sc2nnc(SC)s2)cc1OC. The van der Waals surface area contributed by atoms with Crippen molar-refractivity contribution in [1.82, 2.24) is 15.5 Å². The topological polar surface area (TPSA) is 73.3 Å². The summed E-state index contributed by atoms with van der Waals surface area (Å²) in [5.74, 6) is 1.26. The fraction of sp³-hybridized carbons (Fsp3) is 0.400. The van der Waals surface area contributed by atoms with Crippen LogP contribution < -0.4 is 14.8 Å². The van der Waals surface area contributed by atoms with Crippen LogP contribution in [0.4, 0.5) is 0 Å². The van der Waals surface area contributed by atoms with Crippen molar-refractivity contribution in [3.63, 3.8) is 0 Å². The molecular formula is C15H19N3O3S3. The molecule has 0 unspecified atom stereocenters. The van der Waals surface area contributed by atoms with Gasteiger partial charge in [0, 0.05) is 6.54 Å². The van der Waals surface area contributed by atoms with Gasteiger partial charge in [0.2, 0.25) is 5.91 Å². The molecule has 1 N–H and O–H groups in total. The number of thioether (sulfide) groups is 2. The Bertz CT molecular complexity index is 694. The first-order valence-corrected chi connectivity index (χ1v) is 10.0. The van der Waals surface area contributed by atoms with Gasteiger partial charge in [-0.15, -0.1) is 10.2 Å². The molecule has 1 amide bonds. The highest BCUT2D eigenvalue weighted by Gasteiger charge is 2.17. The van der Waals surface area contributed by atoms with Crippen LogP contribution in [-0.4, -0.2) is 41.8 Å². The Kier molecular flexibility index (Phi) is 7.19. The van der Waals surface area contributed by atoms with Gasteiger partial charge >= 0.3 is 0 Å². The molecule has 24 heavy (non-hydrogen) atoms. The smallest absolute Gasteiger partial charge is 0.233 e. The van der Waals surface area contributed by atoms with E-state index in [1.807, 2.05) is 31.4 Å². The Labute approximate surface area is 153 Å². The molecule has 0 aliphatic rings. The van der Waals surface area contributed by atoms with E-state index in [9.17, 15) is 4.79 Å². The molecule has 0 spiro atoms. The summed E-state index contributed by atoms with van der Waals surface area (Å²) in [7, 11) is 3.18. The molecule has 0 fully saturated rings.